The molecule has 3 atom stereocenters. The lowest BCUT2D eigenvalue weighted by Gasteiger charge is -2.39. The summed E-state index contributed by atoms with van der Waals surface area (Å²) in [6, 6.07) is -0.213. The predicted octanol–water partition coefficient (Wildman–Crippen LogP) is 0.800. The molecule has 18 heavy (non-hydrogen) atoms. The molecule has 0 aromatic carbocycles. The summed E-state index contributed by atoms with van der Waals surface area (Å²) in [7, 11) is 0. The van der Waals surface area contributed by atoms with Crippen LogP contribution in [-0.4, -0.2) is 60.5 Å². The summed E-state index contributed by atoms with van der Waals surface area (Å²) in [6.45, 7) is 7.52. The summed E-state index contributed by atoms with van der Waals surface area (Å²) >= 11 is 0. The predicted molar refractivity (Wildman–Crippen MR) is 68.3 cm³/mol. The highest BCUT2D eigenvalue weighted by Gasteiger charge is 2.33. The zero-order chi connectivity index (χ0) is 13.5. The minimum Gasteiger partial charge on any atom is -0.465 e. The standard InChI is InChI=1S/C13H25NO4/c1-4-6-12(13(16)17-5-2)14-7-10(3)18-11(8-14)9-15/h10-12,15H,4-9H2,1-3H3. The maximum Gasteiger partial charge on any atom is 0.323 e. The van der Waals surface area contributed by atoms with E-state index >= 15 is 0 Å². The zero-order valence-corrected chi connectivity index (χ0v) is 11.6. The fourth-order valence-electron chi connectivity index (χ4n) is 2.40. The lowest BCUT2D eigenvalue weighted by atomic mass is 10.1. The van der Waals surface area contributed by atoms with Crippen molar-refractivity contribution in [3.8, 4) is 0 Å². The third kappa shape index (κ3) is 4.23. The molecular formula is C13H25NO4. The van der Waals surface area contributed by atoms with Crippen molar-refractivity contribution in [2.24, 2.45) is 0 Å². The number of esters is 1. The van der Waals surface area contributed by atoms with Crippen LogP contribution in [0.1, 0.15) is 33.6 Å². The van der Waals surface area contributed by atoms with Crippen LogP contribution in [0.4, 0.5) is 0 Å². The summed E-state index contributed by atoms with van der Waals surface area (Å²) in [5.41, 5.74) is 0. The zero-order valence-electron chi connectivity index (χ0n) is 11.6. The minimum absolute atomic E-state index is 0.0114. The number of rotatable bonds is 6. The molecule has 1 heterocycles. The highest BCUT2D eigenvalue weighted by molar-refractivity contribution is 5.75. The van der Waals surface area contributed by atoms with Crippen LogP contribution in [0.2, 0.25) is 0 Å². The largest absolute Gasteiger partial charge is 0.465 e. The molecule has 0 amide bonds. The van der Waals surface area contributed by atoms with E-state index in [1.807, 2.05) is 13.8 Å². The Hall–Kier alpha value is -0.650. The van der Waals surface area contributed by atoms with Crippen molar-refractivity contribution >= 4 is 5.97 Å². The first-order valence-corrected chi connectivity index (χ1v) is 6.79. The number of carbonyl (C=O) groups excluding carboxylic acids is 1. The van der Waals surface area contributed by atoms with Gasteiger partial charge in [-0.05, 0) is 20.3 Å². The number of carbonyl (C=O) groups is 1. The van der Waals surface area contributed by atoms with Gasteiger partial charge in [0.05, 0.1) is 25.4 Å². The van der Waals surface area contributed by atoms with E-state index in [9.17, 15) is 9.90 Å². The van der Waals surface area contributed by atoms with Crippen LogP contribution < -0.4 is 0 Å². The van der Waals surface area contributed by atoms with Crippen LogP contribution in [0.15, 0.2) is 0 Å². The molecule has 0 saturated carbocycles. The number of aliphatic hydroxyl groups excluding tert-OH is 1. The van der Waals surface area contributed by atoms with Crippen molar-refractivity contribution in [1.29, 1.82) is 0 Å². The van der Waals surface area contributed by atoms with Gasteiger partial charge >= 0.3 is 5.97 Å². The van der Waals surface area contributed by atoms with Crippen molar-refractivity contribution in [2.45, 2.75) is 51.9 Å². The van der Waals surface area contributed by atoms with Crippen molar-refractivity contribution < 1.29 is 19.4 Å². The van der Waals surface area contributed by atoms with Crippen LogP contribution in [0.5, 0.6) is 0 Å². The van der Waals surface area contributed by atoms with Crippen LogP contribution >= 0.6 is 0 Å². The number of hydrogen-bond donors (Lipinski definition) is 1. The van der Waals surface area contributed by atoms with Crippen molar-refractivity contribution in [1.82, 2.24) is 4.90 Å². The number of hydrogen-bond acceptors (Lipinski definition) is 5. The van der Waals surface area contributed by atoms with Gasteiger partial charge in [0.25, 0.3) is 0 Å². The highest BCUT2D eigenvalue weighted by Crippen LogP contribution is 2.17. The number of nitrogens with zero attached hydrogens (tertiary/aromatic N) is 1. The molecule has 1 fully saturated rings. The van der Waals surface area contributed by atoms with Crippen molar-refractivity contribution in [3.05, 3.63) is 0 Å². The quantitative estimate of drug-likeness (QED) is 0.715. The molecule has 0 aromatic rings. The molecule has 0 aromatic heterocycles. The average molecular weight is 259 g/mol. The second kappa shape index (κ2) is 7.71. The van der Waals surface area contributed by atoms with E-state index < -0.39 is 0 Å². The van der Waals surface area contributed by atoms with Gasteiger partial charge in [0.1, 0.15) is 6.04 Å². The SMILES string of the molecule is CCCC(C(=O)OCC)N1CC(C)OC(CO)C1. The topological polar surface area (TPSA) is 59.0 Å². The van der Waals surface area contributed by atoms with Gasteiger partial charge in [0.2, 0.25) is 0 Å². The molecule has 5 nitrogen and oxygen atoms in total. The lowest BCUT2D eigenvalue weighted by molar-refractivity contribution is -0.157. The molecule has 0 bridgehead atoms. The van der Waals surface area contributed by atoms with Gasteiger partial charge in [-0.15, -0.1) is 0 Å². The third-order valence-corrected chi connectivity index (χ3v) is 3.12. The van der Waals surface area contributed by atoms with Crippen LogP contribution in [0.25, 0.3) is 0 Å². The van der Waals surface area contributed by atoms with E-state index in [1.54, 1.807) is 0 Å². The molecule has 1 rings (SSSR count). The van der Waals surface area contributed by atoms with E-state index in [0.29, 0.717) is 19.7 Å². The van der Waals surface area contributed by atoms with E-state index in [-0.39, 0.29) is 30.8 Å². The molecule has 106 valence electrons. The molecule has 0 spiro atoms. The molecular weight excluding hydrogens is 234 g/mol. The lowest BCUT2D eigenvalue weighted by Crippen LogP contribution is -2.54. The number of morpholine rings is 1. The maximum atomic E-state index is 12.0. The van der Waals surface area contributed by atoms with Gasteiger partial charge in [-0.25, -0.2) is 0 Å². The smallest absolute Gasteiger partial charge is 0.323 e. The average Bonchev–Trinajstić information content (AvgIpc) is 2.35. The Kier molecular flexibility index (Phi) is 6.60. The maximum absolute atomic E-state index is 12.0. The first-order valence-electron chi connectivity index (χ1n) is 6.79. The Morgan fingerprint density at radius 1 is 1.50 bits per heavy atom. The summed E-state index contributed by atoms with van der Waals surface area (Å²) in [4.78, 5) is 14.0. The minimum atomic E-state index is -0.213. The monoisotopic (exact) mass is 259 g/mol. The Morgan fingerprint density at radius 3 is 2.78 bits per heavy atom. The Bertz CT molecular complexity index is 259. The highest BCUT2D eigenvalue weighted by atomic mass is 16.5. The summed E-state index contributed by atoms with van der Waals surface area (Å²) in [5, 5.41) is 9.21. The molecule has 1 aliphatic rings. The van der Waals surface area contributed by atoms with Gasteiger partial charge in [-0.2, -0.15) is 0 Å². The van der Waals surface area contributed by atoms with E-state index in [4.69, 9.17) is 9.47 Å². The third-order valence-electron chi connectivity index (χ3n) is 3.12. The Labute approximate surface area is 109 Å². The second-order valence-electron chi connectivity index (χ2n) is 4.76. The number of ether oxygens (including phenoxy) is 2. The molecule has 3 unspecified atom stereocenters. The summed E-state index contributed by atoms with van der Waals surface area (Å²) < 4.78 is 10.7. The molecule has 1 saturated heterocycles. The van der Waals surface area contributed by atoms with Crippen molar-refractivity contribution in [3.63, 3.8) is 0 Å². The number of aliphatic hydroxyl groups is 1. The van der Waals surface area contributed by atoms with Gasteiger partial charge in [-0.3, -0.25) is 9.69 Å². The fraction of sp³-hybridized carbons (Fsp3) is 0.923. The Balaban J connectivity index is 2.68. The second-order valence-corrected chi connectivity index (χ2v) is 4.76. The first kappa shape index (κ1) is 15.4. The molecule has 1 N–H and O–H groups in total. The van der Waals surface area contributed by atoms with Gasteiger partial charge < -0.3 is 14.6 Å². The van der Waals surface area contributed by atoms with E-state index in [2.05, 4.69) is 11.8 Å². The van der Waals surface area contributed by atoms with E-state index in [0.717, 1.165) is 12.8 Å². The molecule has 5 heteroatoms. The van der Waals surface area contributed by atoms with Gasteiger partial charge in [-0.1, -0.05) is 13.3 Å². The van der Waals surface area contributed by atoms with Crippen LogP contribution in [0.3, 0.4) is 0 Å². The molecule has 0 radical (unpaired) electrons. The normalized spacial score (nSPS) is 26.9. The first-order chi connectivity index (χ1) is 8.62. The van der Waals surface area contributed by atoms with Crippen LogP contribution in [0, 0.1) is 0 Å². The van der Waals surface area contributed by atoms with Gasteiger partial charge in [0.15, 0.2) is 0 Å². The molecule has 1 aliphatic heterocycles. The van der Waals surface area contributed by atoms with Crippen LogP contribution in [-0.2, 0) is 14.3 Å². The van der Waals surface area contributed by atoms with Gasteiger partial charge in [0, 0.05) is 13.1 Å². The summed E-state index contributed by atoms with van der Waals surface area (Å²) in [6.07, 6.45) is 1.54. The van der Waals surface area contributed by atoms with E-state index in [1.165, 1.54) is 0 Å². The Morgan fingerprint density at radius 2 is 2.22 bits per heavy atom. The van der Waals surface area contributed by atoms with Crippen molar-refractivity contribution in [2.75, 3.05) is 26.3 Å². The molecule has 0 aliphatic carbocycles. The summed E-state index contributed by atoms with van der Waals surface area (Å²) in [5.74, 6) is -0.162. The fourth-order valence-corrected chi connectivity index (χ4v) is 2.40.